The number of carboxylic acids is 1. The van der Waals surface area contributed by atoms with Crippen molar-refractivity contribution >= 4 is 23.2 Å². The second kappa shape index (κ2) is 5.96. The van der Waals surface area contributed by atoms with Gasteiger partial charge in [-0.05, 0) is 6.42 Å². The van der Waals surface area contributed by atoms with Gasteiger partial charge in [-0.2, -0.15) is 0 Å². The van der Waals surface area contributed by atoms with Crippen molar-refractivity contribution in [1.82, 2.24) is 9.88 Å². The molecule has 0 spiro atoms. The Hall–Kier alpha value is -1.47. The molecule has 1 aliphatic heterocycles. The van der Waals surface area contributed by atoms with Crippen LogP contribution in [0.3, 0.4) is 0 Å². The molecule has 0 radical (unpaired) electrons. The van der Waals surface area contributed by atoms with E-state index < -0.39 is 11.4 Å². The van der Waals surface area contributed by atoms with Gasteiger partial charge in [-0.3, -0.25) is 9.59 Å². The number of likely N-dealkylation sites (tertiary alicyclic amines) is 1. The maximum Gasteiger partial charge on any atom is 0.313 e. The number of nitrogens with zero attached hydrogens (tertiary/aromatic N) is 2. The van der Waals surface area contributed by atoms with E-state index in [0.717, 1.165) is 5.01 Å². The molecule has 1 unspecified atom stereocenters. The number of aliphatic carboxylic acids is 1. The van der Waals surface area contributed by atoms with E-state index in [1.807, 2.05) is 20.8 Å². The normalized spacial score (nSPS) is 22.1. The number of aromatic nitrogens is 1. The molecule has 6 nitrogen and oxygen atoms in total. The lowest BCUT2D eigenvalue weighted by Gasteiger charge is -2.23. The molecule has 1 fully saturated rings. The lowest BCUT2D eigenvalue weighted by Crippen LogP contribution is -2.40. The molecule has 22 heavy (non-hydrogen) atoms. The summed E-state index contributed by atoms with van der Waals surface area (Å²) in [6.45, 7) is 6.82. The van der Waals surface area contributed by atoms with Crippen molar-refractivity contribution in [3.05, 3.63) is 16.1 Å². The van der Waals surface area contributed by atoms with Gasteiger partial charge in [0.05, 0.1) is 11.6 Å². The van der Waals surface area contributed by atoms with Crippen molar-refractivity contribution in [2.24, 2.45) is 5.41 Å². The van der Waals surface area contributed by atoms with Crippen LogP contribution in [0.4, 0.5) is 0 Å². The summed E-state index contributed by atoms with van der Waals surface area (Å²) in [7, 11) is 1.48. The van der Waals surface area contributed by atoms with Gasteiger partial charge in [-0.1, -0.05) is 20.8 Å². The average molecular weight is 326 g/mol. The fourth-order valence-corrected chi connectivity index (χ4v) is 3.44. The first-order valence-electron chi connectivity index (χ1n) is 7.17. The Bertz CT molecular complexity index is 578. The topological polar surface area (TPSA) is 79.7 Å². The van der Waals surface area contributed by atoms with E-state index in [0.29, 0.717) is 18.7 Å². The molecule has 7 heteroatoms. The van der Waals surface area contributed by atoms with E-state index in [1.54, 1.807) is 10.3 Å². The fraction of sp³-hybridized carbons (Fsp3) is 0.667. The zero-order valence-electron chi connectivity index (χ0n) is 13.4. The van der Waals surface area contributed by atoms with Crippen LogP contribution in [0.5, 0.6) is 0 Å². The molecule has 1 atom stereocenters. The van der Waals surface area contributed by atoms with Gasteiger partial charge in [0.1, 0.15) is 11.1 Å². The van der Waals surface area contributed by atoms with Crippen LogP contribution in [0.25, 0.3) is 0 Å². The molecular weight excluding hydrogens is 304 g/mol. The first-order valence-corrected chi connectivity index (χ1v) is 8.05. The summed E-state index contributed by atoms with van der Waals surface area (Å²) >= 11 is 1.46. The summed E-state index contributed by atoms with van der Waals surface area (Å²) in [6.07, 6.45) is 0.401. The van der Waals surface area contributed by atoms with E-state index in [4.69, 9.17) is 4.74 Å². The maximum atomic E-state index is 12.5. The number of hydrogen-bond donors (Lipinski definition) is 1. The summed E-state index contributed by atoms with van der Waals surface area (Å²) in [6, 6.07) is 0. The third-order valence-electron chi connectivity index (χ3n) is 3.88. The molecule has 1 aromatic rings. The molecule has 1 saturated heterocycles. The van der Waals surface area contributed by atoms with Crippen LogP contribution in [-0.2, 0) is 14.9 Å². The van der Waals surface area contributed by atoms with Gasteiger partial charge in [-0.15, -0.1) is 11.3 Å². The van der Waals surface area contributed by atoms with Crippen LogP contribution in [0.1, 0.15) is 42.7 Å². The van der Waals surface area contributed by atoms with Gasteiger partial charge >= 0.3 is 5.97 Å². The van der Waals surface area contributed by atoms with Crippen molar-refractivity contribution in [1.29, 1.82) is 0 Å². The summed E-state index contributed by atoms with van der Waals surface area (Å²) in [4.78, 5) is 30.0. The van der Waals surface area contributed by atoms with E-state index in [2.05, 4.69) is 4.98 Å². The van der Waals surface area contributed by atoms with Crippen molar-refractivity contribution in [2.45, 2.75) is 32.6 Å². The molecule has 0 saturated carbocycles. The van der Waals surface area contributed by atoms with Gasteiger partial charge in [-0.25, -0.2) is 4.98 Å². The number of rotatable bonds is 4. The Morgan fingerprint density at radius 1 is 1.50 bits per heavy atom. The molecule has 2 heterocycles. The molecule has 1 amide bonds. The second-order valence-corrected chi connectivity index (χ2v) is 7.64. The third kappa shape index (κ3) is 3.15. The average Bonchev–Trinajstić information content (AvgIpc) is 3.05. The minimum Gasteiger partial charge on any atom is -0.481 e. The van der Waals surface area contributed by atoms with E-state index in [9.17, 15) is 14.7 Å². The highest BCUT2D eigenvalue weighted by atomic mass is 32.1. The largest absolute Gasteiger partial charge is 0.481 e. The molecule has 0 bridgehead atoms. The van der Waals surface area contributed by atoms with Crippen molar-refractivity contribution in [2.75, 3.05) is 26.8 Å². The van der Waals surface area contributed by atoms with Gasteiger partial charge in [0, 0.05) is 31.0 Å². The van der Waals surface area contributed by atoms with E-state index in [-0.39, 0.29) is 24.5 Å². The Morgan fingerprint density at radius 3 is 2.68 bits per heavy atom. The minimum atomic E-state index is -1.01. The number of amides is 1. The Balaban J connectivity index is 2.15. The number of ether oxygens (including phenoxy) is 1. The van der Waals surface area contributed by atoms with Crippen molar-refractivity contribution in [3.63, 3.8) is 0 Å². The molecule has 0 aliphatic carbocycles. The highest BCUT2D eigenvalue weighted by molar-refractivity contribution is 7.10. The number of methoxy groups -OCH3 is 1. The van der Waals surface area contributed by atoms with Gasteiger partial charge in [0.2, 0.25) is 0 Å². The molecule has 122 valence electrons. The lowest BCUT2D eigenvalue weighted by molar-refractivity contribution is -0.151. The molecular formula is C15H22N2O4S. The van der Waals surface area contributed by atoms with Crippen LogP contribution in [0.2, 0.25) is 0 Å². The quantitative estimate of drug-likeness (QED) is 0.915. The number of hydrogen-bond acceptors (Lipinski definition) is 5. The zero-order chi connectivity index (χ0) is 16.5. The SMILES string of the molecule is COCC1(C(=O)O)CCN(C(=O)c2csc(C(C)(C)C)n2)C1. The highest BCUT2D eigenvalue weighted by Gasteiger charge is 2.46. The van der Waals surface area contributed by atoms with Crippen LogP contribution >= 0.6 is 11.3 Å². The fourth-order valence-electron chi connectivity index (χ4n) is 2.55. The molecule has 1 aliphatic rings. The lowest BCUT2D eigenvalue weighted by atomic mass is 9.88. The Morgan fingerprint density at radius 2 is 2.18 bits per heavy atom. The third-order valence-corrected chi connectivity index (χ3v) is 5.15. The number of carbonyl (C=O) groups is 2. The smallest absolute Gasteiger partial charge is 0.313 e. The first-order chi connectivity index (χ1) is 10.2. The van der Waals surface area contributed by atoms with Crippen LogP contribution in [0.15, 0.2) is 5.38 Å². The first kappa shape index (κ1) is 16.9. The molecule has 1 aromatic heterocycles. The number of thiazole rings is 1. The zero-order valence-corrected chi connectivity index (χ0v) is 14.2. The predicted molar refractivity (Wildman–Crippen MR) is 83.3 cm³/mol. The van der Waals surface area contributed by atoms with Crippen LogP contribution in [0, 0.1) is 5.41 Å². The van der Waals surface area contributed by atoms with Gasteiger partial charge in [0.25, 0.3) is 5.91 Å². The second-order valence-electron chi connectivity index (χ2n) is 6.78. The summed E-state index contributed by atoms with van der Waals surface area (Å²) < 4.78 is 5.04. The summed E-state index contributed by atoms with van der Waals surface area (Å²) in [5.74, 6) is -1.12. The molecule has 0 aromatic carbocycles. The molecule has 2 rings (SSSR count). The number of carbonyl (C=O) groups excluding carboxylic acids is 1. The highest BCUT2D eigenvalue weighted by Crippen LogP contribution is 2.33. The van der Waals surface area contributed by atoms with Crippen molar-refractivity contribution < 1.29 is 19.4 Å². The monoisotopic (exact) mass is 326 g/mol. The summed E-state index contributed by atoms with van der Waals surface area (Å²) in [5, 5.41) is 12.1. The minimum absolute atomic E-state index is 0.102. The van der Waals surface area contributed by atoms with Gasteiger partial charge in [0.15, 0.2) is 0 Å². The van der Waals surface area contributed by atoms with Crippen LogP contribution < -0.4 is 0 Å². The standard InChI is InChI=1S/C15H22N2O4S/c1-14(2,3)12-16-10(7-22-12)11(18)17-6-5-15(8-17,9-21-4)13(19)20/h7H,5-6,8-9H2,1-4H3,(H,19,20). The maximum absolute atomic E-state index is 12.5. The number of carboxylic acid groups (broad SMARTS) is 1. The Labute approximate surface area is 134 Å². The Kier molecular flexibility index (Phi) is 4.58. The van der Waals surface area contributed by atoms with E-state index in [1.165, 1.54) is 18.4 Å². The van der Waals surface area contributed by atoms with Gasteiger partial charge < -0.3 is 14.7 Å². The molecule has 1 N–H and O–H groups in total. The summed E-state index contributed by atoms with van der Waals surface area (Å²) in [5.41, 5.74) is -0.712. The predicted octanol–water partition coefficient (Wildman–Crippen LogP) is 2.00. The van der Waals surface area contributed by atoms with Crippen molar-refractivity contribution in [3.8, 4) is 0 Å². The van der Waals surface area contributed by atoms with Crippen LogP contribution in [-0.4, -0.2) is 53.7 Å². The van der Waals surface area contributed by atoms with E-state index >= 15 is 0 Å².